The quantitative estimate of drug-likeness (QED) is 0.764. The number of benzene rings is 1. The number of rotatable bonds is 7. The molecule has 0 heterocycles. The summed E-state index contributed by atoms with van der Waals surface area (Å²) in [6, 6.07) is 7.42. The zero-order valence-electron chi connectivity index (χ0n) is 11.2. The third-order valence-electron chi connectivity index (χ3n) is 2.48. The van der Waals surface area contributed by atoms with Crippen molar-refractivity contribution in [1.82, 2.24) is 5.32 Å². The molecule has 0 spiro atoms. The summed E-state index contributed by atoms with van der Waals surface area (Å²) in [5, 5.41) is 3.16. The second kappa shape index (κ2) is 7.17. The lowest BCUT2D eigenvalue weighted by Gasteiger charge is -2.15. The number of para-hydroxylation sites is 1. The van der Waals surface area contributed by atoms with Gasteiger partial charge in [0, 0.05) is 24.4 Å². The first-order valence-electron chi connectivity index (χ1n) is 5.97. The molecule has 0 saturated carbocycles. The number of nitrogens with one attached hydrogen (secondary N) is 1. The molecule has 0 fully saturated rings. The highest BCUT2D eigenvalue weighted by molar-refractivity contribution is 7.90. The first-order valence-corrected chi connectivity index (χ1v) is 8.03. The molecular weight excluding hydrogens is 262 g/mol. The molecule has 4 nitrogen and oxygen atoms in total. The minimum Gasteiger partial charge on any atom is -0.481 e. The van der Waals surface area contributed by atoms with Gasteiger partial charge >= 0.3 is 0 Å². The van der Waals surface area contributed by atoms with Gasteiger partial charge in [-0.2, -0.15) is 0 Å². The fraction of sp³-hybridized carbons (Fsp3) is 0.429. The van der Waals surface area contributed by atoms with E-state index in [9.17, 15) is 8.42 Å². The second-order valence-corrected chi connectivity index (χ2v) is 6.66. The smallest absolute Gasteiger partial charge is 0.148 e. The SMILES string of the molecule is C#CCOc1ccccc1CNC(C)CS(C)(=O)=O. The lowest BCUT2D eigenvalue weighted by molar-refractivity contribution is 0.364. The topological polar surface area (TPSA) is 55.4 Å². The van der Waals surface area contributed by atoms with Crippen molar-refractivity contribution in [2.75, 3.05) is 18.6 Å². The summed E-state index contributed by atoms with van der Waals surface area (Å²) >= 11 is 0. The molecule has 0 aliphatic heterocycles. The van der Waals surface area contributed by atoms with Crippen molar-refractivity contribution < 1.29 is 13.2 Å². The standard InChI is InChI=1S/C14H19NO3S/c1-4-9-18-14-8-6-5-7-13(14)10-15-12(2)11-19(3,16)17/h1,5-8,12,15H,9-11H2,2-3H3. The molecule has 0 radical (unpaired) electrons. The van der Waals surface area contributed by atoms with Gasteiger partial charge in [-0.25, -0.2) is 8.42 Å². The maximum atomic E-state index is 11.2. The first-order chi connectivity index (χ1) is 8.92. The second-order valence-electron chi connectivity index (χ2n) is 4.47. The highest BCUT2D eigenvalue weighted by Gasteiger charge is 2.11. The highest BCUT2D eigenvalue weighted by atomic mass is 32.2. The van der Waals surface area contributed by atoms with Crippen LogP contribution in [0.1, 0.15) is 12.5 Å². The van der Waals surface area contributed by atoms with Crippen molar-refractivity contribution in [1.29, 1.82) is 0 Å². The normalized spacial score (nSPS) is 12.7. The van der Waals surface area contributed by atoms with Crippen molar-refractivity contribution >= 4 is 9.84 Å². The number of ether oxygens (including phenoxy) is 1. The lowest BCUT2D eigenvalue weighted by Crippen LogP contribution is -2.32. The highest BCUT2D eigenvalue weighted by Crippen LogP contribution is 2.17. The van der Waals surface area contributed by atoms with Gasteiger partial charge in [0.05, 0.1) is 5.75 Å². The van der Waals surface area contributed by atoms with Crippen LogP contribution >= 0.6 is 0 Å². The molecule has 0 saturated heterocycles. The van der Waals surface area contributed by atoms with E-state index < -0.39 is 9.84 Å². The average Bonchev–Trinajstić information content (AvgIpc) is 2.32. The molecule has 1 N–H and O–H groups in total. The molecule has 1 aromatic rings. The molecule has 5 heteroatoms. The van der Waals surface area contributed by atoms with Gasteiger partial charge in [0.25, 0.3) is 0 Å². The summed E-state index contributed by atoms with van der Waals surface area (Å²) in [6.45, 7) is 2.60. The first kappa shape index (κ1) is 15.5. The number of sulfone groups is 1. The fourth-order valence-corrected chi connectivity index (χ4v) is 2.73. The van der Waals surface area contributed by atoms with Gasteiger partial charge in [-0.1, -0.05) is 24.1 Å². The number of hydrogen-bond donors (Lipinski definition) is 1. The third-order valence-corrected chi connectivity index (χ3v) is 3.58. The summed E-state index contributed by atoms with van der Waals surface area (Å²) in [5.41, 5.74) is 0.957. The van der Waals surface area contributed by atoms with Gasteiger partial charge < -0.3 is 10.1 Å². The van der Waals surface area contributed by atoms with Gasteiger partial charge in [0.1, 0.15) is 22.2 Å². The molecule has 19 heavy (non-hydrogen) atoms. The Labute approximate surface area is 115 Å². The molecule has 0 aliphatic rings. The zero-order valence-corrected chi connectivity index (χ0v) is 12.0. The summed E-state index contributed by atoms with van der Waals surface area (Å²) in [6.07, 6.45) is 6.39. The van der Waals surface area contributed by atoms with Crippen LogP contribution in [0.3, 0.4) is 0 Å². The maximum Gasteiger partial charge on any atom is 0.148 e. The third kappa shape index (κ3) is 6.27. The molecule has 1 aromatic carbocycles. The van der Waals surface area contributed by atoms with Crippen LogP contribution in [0.15, 0.2) is 24.3 Å². The van der Waals surface area contributed by atoms with Crippen LogP contribution in [0.2, 0.25) is 0 Å². The van der Waals surface area contributed by atoms with Crippen LogP contribution < -0.4 is 10.1 Å². The Balaban J connectivity index is 2.60. The van der Waals surface area contributed by atoms with Crippen LogP contribution in [-0.2, 0) is 16.4 Å². The molecule has 104 valence electrons. The van der Waals surface area contributed by atoms with Crippen LogP contribution in [0, 0.1) is 12.3 Å². The summed E-state index contributed by atoms with van der Waals surface area (Å²) in [7, 11) is -2.97. The maximum absolute atomic E-state index is 11.2. The van der Waals surface area contributed by atoms with E-state index in [1.54, 1.807) is 0 Å². The predicted molar refractivity (Wildman–Crippen MR) is 76.8 cm³/mol. The van der Waals surface area contributed by atoms with Crippen molar-refractivity contribution in [3.05, 3.63) is 29.8 Å². The zero-order chi connectivity index (χ0) is 14.3. The Kier molecular flexibility index (Phi) is 5.87. The van der Waals surface area contributed by atoms with Crippen molar-refractivity contribution in [2.45, 2.75) is 19.5 Å². The molecular formula is C14H19NO3S. The van der Waals surface area contributed by atoms with Gasteiger partial charge in [0.15, 0.2) is 0 Å². The minimum absolute atomic E-state index is 0.111. The molecule has 0 amide bonds. The Morgan fingerprint density at radius 2 is 2.11 bits per heavy atom. The molecule has 1 rings (SSSR count). The molecule has 1 unspecified atom stereocenters. The Bertz CT molecular complexity index is 546. The molecule has 0 aliphatic carbocycles. The minimum atomic E-state index is -2.97. The van der Waals surface area contributed by atoms with Crippen molar-refractivity contribution in [3.63, 3.8) is 0 Å². The van der Waals surface area contributed by atoms with E-state index in [-0.39, 0.29) is 18.4 Å². The monoisotopic (exact) mass is 281 g/mol. The number of hydrogen-bond acceptors (Lipinski definition) is 4. The van der Waals surface area contributed by atoms with E-state index in [2.05, 4.69) is 11.2 Å². The fourth-order valence-electron chi connectivity index (χ4n) is 1.71. The van der Waals surface area contributed by atoms with Gasteiger partial charge in [-0.15, -0.1) is 6.42 Å². The number of terminal acetylenes is 1. The van der Waals surface area contributed by atoms with Gasteiger partial charge in [-0.05, 0) is 13.0 Å². The van der Waals surface area contributed by atoms with Crippen molar-refractivity contribution in [3.8, 4) is 18.1 Å². The Hall–Kier alpha value is -1.51. The van der Waals surface area contributed by atoms with E-state index in [4.69, 9.17) is 11.2 Å². The lowest BCUT2D eigenvalue weighted by atomic mass is 10.2. The Morgan fingerprint density at radius 3 is 2.74 bits per heavy atom. The van der Waals surface area contributed by atoms with Crippen molar-refractivity contribution in [2.24, 2.45) is 0 Å². The van der Waals surface area contributed by atoms with Gasteiger partial charge in [0.2, 0.25) is 0 Å². The van der Waals surface area contributed by atoms with Crippen LogP contribution in [0.25, 0.3) is 0 Å². The predicted octanol–water partition coefficient (Wildman–Crippen LogP) is 1.22. The van der Waals surface area contributed by atoms with E-state index in [1.165, 1.54) is 6.26 Å². The summed E-state index contributed by atoms with van der Waals surface area (Å²) in [5.74, 6) is 3.25. The van der Waals surface area contributed by atoms with Crippen LogP contribution in [0.5, 0.6) is 5.75 Å². The molecule has 0 aromatic heterocycles. The van der Waals surface area contributed by atoms with Gasteiger partial charge in [-0.3, -0.25) is 0 Å². The summed E-state index contributed by atoms with van der Waals surface area (Å²) < 4.78 is 27.8. The average molecular weight is 281 g/mol. The van der Waals surface area contributed by atoms with Crippen LogP contribution in [0.4, 0.5) is 0 Å². The van der Waals surface area contributed by atoms with Crippen LogP contribution in [-0.4, -0.2) is 33.1 Å². The van der Waals surface area contributed by atoms with E-state index >= 15 is 0 Å². The van der Waals surface area contributed by atoms with E-state index in [1.807, 2.05) is 31.2 Å². The molecule has 0 bridgehead atoms. The van der Waals surface area contributed by atoms with E-state index in [0.29, 0.717) is 6.54 Å². The summed E-state index contributed by atoms with van der Waals surface area (Å²) in [4.78, 5) is 0. The Morgan fingerprint density at radius 1 is 1.42 bits per heavy atom. The largest absolute Gasteiger partial charge is 0.481 e. The van der Waals surface area contributed by atoms with E-state index in [0.717, 1.165) is 11.3 Å². The molecule has 1 atom stereocenters.